The number of thiazole rings is 1. The van der Waals surface area contributed by atoms with Gasteiger partial charge in [-0.05, 0) is 12.5 Å². The molecule has 0 N–H and O–H groups in total. The number of hydrogen-bond acceptors (Lipinski definition) is 4. The summed E-state index contributed by atoms with van der Waals surface area (Å²) >= 11 is 1.58. The topological polar surface area (TPSA) is 39.2 Å². The summed E-state index contributed by atoms with van der Waals surface area (Å²) in [5.74, 6) is -0.248. The number of ether oxygens (including phenoxy) is 1. The van der Waals surface area contributed by atoms with E-state index in [0.29, 0.717) is 0 Å². The molecule has 0 aliphatic heterocycles. The molecule has 0 fully saturated rings. The monoisotopic (exact) mass is 261 g/mol. The highest BCUT2D eigenvalue weighted by atomic mass is 32.1. The normalized spacial score (nSPS) is 10.3. The smallest absolute Gasteiger partial charge is 0.311 e. The maximum atomic E-state index is 11.1. The predicted octanol–water partition coefficient (Wildman–Crippen LogP) is 2.76. The summed E-state index contributed by atoms with van der Waals surface area (Å²) in [4.78, 5) is 15.6. The molecule has 0 aliphatic rings. The molecule has 0 radical (unpaired) electrons. The Bertz CT molecular complexity index is 531. The number of methoxy groups -OCH3 is 1. The zero-order chi connectivity index (χ0) is 13.0. The van der Waals surface area contributed by atoms with Gasteiger partial charge >= 0.3 is 5.97 Å². The van der Waals surface area contributed by atoms with Gasteiger partial charge in [0.15, 0.2) is 0 Å². The molecule has 0 unspecified atom stereocenters. The molecule has 1 aromatic carbocycles. The summed E-state index contributed by atoms with van der Waals surface area (Å²) in [6.07, 6.45) is 1.06. The van der Waals surface area contributed by atoms with E-state index in [1.54, 1.807) is 11.3 Å². The molecule has 0 atom stereocenters. The van der Waals surface area contributed by atoms with Crippen LogP contribution in [-0.2, 0) is 22.4 Å². The zero-order valence-corrected chi connectivity index (χ0v) is 11.3. The summed E-state index contributed by atoms with van der Waals surface area (Å²) in [5, 5.41) is 2.94. The zero-order valence-electron chi connectivity index (χ0n) is 10.5. The van der Waals surface area contributed by atoms with Gasteiger partial charge in [0, 0.05) is 11.8 Å². The molecular formula is C14H15NO2S. The van der Waals surface area contributed by atoms with Crippen LogP contribution in [0, 0.1) is 6.92 Å². The van der Waals surface area contributed by atoms with Gasteiger partial charge in [-0.15, -0.1) is 11.3 Å². The minimum atomic E-state index is -0.248. The van der Waals surface area contributed by atoms with E-state index in [2.05, 4.69) is 40.9 Å². The summed E-state index contributed by atoms with van der Waals surface area (Å²) < 4.78 is 4.62. The third kappa shape index (κ3) is 3.40. The highest BCUT2D eigenvalue weighted by Crippen LogP contribution is 2.15. The number of carbonyl (C=O) groups excluding carboxylic acids is 1. The molecule has 0 aliphatic carbocycles. The lowest BCUT2D eigenvalue weighted by Crippen LogP contribution is -2.04. The van der Waals surface area contributed by atoms with Crippen LogP contribution in [0.25, 0.3) is 0 Å². The molecule has 0 saturated carbocycles. The van der Waals surface area contributed by atoms with E-state index in [0.717, 1.165) is 17.1 Å². The Morgan fingerprint density at radius 3 is 2.72 bits per heavy atom. The first kappa shape index (κ1) is 12.8. The number of esters is 1. The number of aryl methyl sites for hydroxylation is 1. The van der Waals surface area contributed by atoms with Gasteiger partial charge in [-0.3, -0.25) is 4.79 Å². The fourth-order valence-electron chi connectivity index (χ4n) is 1.61. The molecule has 4 heteroatoms. The van der Waals surface area contributed by atoms with Crippen molar-refractivity contribution in [1.29, 1.82) is 0 Å². The summed E-state index contributed by atoms with van der Waals surface area (Å²) in [7, 11) is 1.39. The quantitative estimate of drug-likeness (QED) is 0.794. The minimum absolute atomic E-state index is 0.248. The Labute approximate surface area is 110 Å². The lowest BCUT2D eigenvalue weighted by Gasteiger charge is -1.98. The van der Waals surface area contributed by atoms with E-state index in [4.69, 9.17) is 0 Å². The second kappa shape index (κ2) is 5.78. The fraction of sp³-hybridized carbons (Fsp3) is 0.286. The van der Waals surface area contributed by atoms with Gasteiger partial charge in [0.2, 0.25) is 0 Å². The number of nitrogens with zero attached hydrogens (tertiary/aromatic N) is 1. The van der Waals surface area contributed by atoms with Gasteiger partial charge in [0.25, 0.3) is 0 Å². The van der Waals surface area contributed by atoms with Gasteiger partial charge in [0.05, 0.1) is 24.2 Å². The lowest BCUT2D eigenvalue weighted by molar-refractivity contribution is -0.139. The highest BCUT2D eigenvalue weighted by Gasteiger charge is 2.08. The molecule has 2 rings (SSSR count). The van der Waals surface area contributed by atoms with E-state index < -0.39 is 0 Å². The number of benzene rings is 1. The summed E-state index contributed by atoms with van der Waals surface area (Å²) in [5.41, 5.74) is 3.28. The standard InChI is InChI=1S/C14H15NO2S/c1-10-3-5-11(6-4-10)7-13-15-12(9-18-13)8-14(16)17-2/h3-6,9H,7-8H2,1-2H3. The van der Waals surface area contributed by atoms with E-state index >= 15 is 0 Å². The van der Waals surface area contributed by atoms with Crippen LogP contribution in [0.3, 0.4) is 0 Å². The van der Waals surface area contributed by atoms with E-state index in [-0.39, 0.29) is 12.4 Å². The van der Waals surface area contributed by atoms with Gasteiger partial charge in [-0.1, -0.05) is 29.8 Å². The first-order valence-electron chi connectivity index (χ1n) is 5.73. The second-order valence-electron chi connectivity index (χ2n) is 4.15. The highest BCUT2D eigenvalue weighted by molar-refractivity contribution is 7.09. The Morgan fingerprint density at radius 2 is 2.06 bits per heavy atom. The van der Waals surface area contributed by atoms with Crippen LogP contribution in [-0.4, -0.2) is 18.1 Å². The first-order valence-corrected chi connectivity index (χ1v) is 6.61. The van der Waals surface area contributed by atoms with Crippen molar-refractivity contribution < 1.29 is 9.53 Å². The molecule has 0 amide bonds. The number of rotatable bonds is 4. The molecule has 18 heavy (non-hydrogen) atoms. The largest absolute Gasteiger partial charge is 0.469 e. The Balaban J connectivity index is 2.02. The molecule has 0 saturated heterocycles. The van der Waals surface area contributed by atoms with Crippen LogP contribution in [0.5, 0.6) is 0 Å². The number of carbonyl (C=O) groups is 1. The Morgan fingerprint density at radius 1 is 1.33 bits per heavy atom. The van der Waals surface area contributed by atoms with Crippen molar-refractivity contribution in [3.63, 3.8) is 0 Å². The third-order valence-electron chi connectivity index (χ3n) is 2.63. The van der Waals surface area contributed by atoms with Crippen molar-refractivity contribution in [2.24, 2.45) is 0 Å². The number of hydrogen-bond donors (Lipinski definition) is 0. The SMILES string of the molecule is COC(=O)Cc1csc(Cc2ccc(C)cc2)n1. The van der Waals surface area contributed by atoms with Crippen molar-refractivity contribution in [1.82, 2.24) is 4.98 Å². The Hall–Kier alpha value is -1.68. The third-order valence-corrected chi connectivity index (χ3v) is 3.53. The van der Waals surface area contributed by atoms with Crippen molar-refractivity contribution >= 4 is 17.3 Å². The van der Waals surface area contributed by atoms with Gasteiger partial charge < -0.3 is 4.74 Å². The van der Waals surface area contributed by atoms with Crippen molar-refractivity contribution in [2.45, 2.75) is 19.8 Å². The van der Waals surface area contributed by atoms with E-state index in [1.165, 1.54) is 18.2 Å². The maximum Gasteiger partial charge on any atom is 0.311 e. The molecule has 0 bridgehead atoms. The average molecular weight is 261 g/mol. The van der Waals surface area contributed by atoms with Gasteiger partial charge in [0.1, 0.15) is 0 Å². The van der Waals surface area contributed by atoms with Crippen molar-refractivity contribution in [3.05, 3.63) is 51.5 Å². The molecule has 0 spiro atoms. The first-order chi connectivity index (χ1) is 8.67. The van der Waals surface area contributed by atoms with Crippen molar-refractivity contribution in [3.8, 4) is 0 Å². The van der Waals surface area contributed by atoms with Crippen LogP contribution in [0.4, 0.5) is 0 Å². The molecule has 94 valence electrons. The average Bonchev–Trinajstić information content (AvgIpc) is 2.79. The van der Waals surface area contributed by atoms with Crippen LogP contribution in [0.2, 0.25) is 0 Å². The number of aromatic nitrogens is 1. The van der Waals surface area contributed by atoms with Crippen LogP contribution in [0.1, 0.15) is 21.8 Å². The summed E-state index contributed by atoms with van der Waals surface area (Å²) in [6, 6.07) is 8.41. The summed E-state index contributed by atoms with van der Waals surface area (Å²) in [6.45, 7) is 2.07. The maximum absolute atomic E-state index is 11.1. The molecule has 3 nitrogen and oxygen atoms in total. The predicted molar refractivity (Wildman–Crippen MR) is 71.8 cm³/mol. The van der Waals surface area contributed by atoms with Crippen LogP contribution < -0.4 is 0 Å². The minimum Gasteiger partial charge on any atom is -0.469 e. The van der Waals surface area contributed by atoms with Crippen molar-refractivity contribution in [2.75, 3.05) is 7.11 Å². The van der Waals surface area contributed by atoms with E-state index in [9.17, 15) is 4.79 Å². The second-order valence-corrected chi connectivity index (χ2v) is 5.09. The van der Waals surface area contributed by atoms with Crippen LogP contribution >= 0.6 is 11.3 Å². The molecule has 1 heterocycles. The van der Waals surface area contributed by atoms with E-state index in [1.807, 2.05) is 5.38 Å². The lowest BCUT2D eigenvalue weighted by atomic mass is 10.1. The molecule has 2 aromatic rings. The fourth-order valence-corrected chi connectivity index (χ4v) is 2.44. The Kier molecular flexibility index (Phi) is 4.10. The molecular weight excluding hydrogens is 246 g/mol. The van der Waals surface area contributed by atoms with Crippen LogP contribution in [0.15, 0.2) is 29.6 Å². The van der Waals surface area contributed by atoms with Gasteiger partial charge in [-0.25, -0.2) is 4.98 Å². The van der Waals surface area contributed by atoms with Gasteiger partial charge in [-0.2, -0.15) is 0 Å². The molecule has 1 aromatic heterocycles.